The van der Waals surface area contributed by atoms with E-state index in [1.807, 2.05) is 12.1 Å². The Balaban J connectivity index is 2.26. The topological polar surface area (TPSA) is 53.1 Å². The molecule has 0 unspecified atom stereocenters. The molecule has 0 spiro atoms. The average Bonchev–Trinajstić information content (AvgIpc) is 2.73. The van der Waals surface area contributed by atoms with Gasteiger partial charge in [0.1, 0.15) is 11.6 Å². The minimum atomic E-state index is -0.313. The van der Waals surface area contributed by atoms with Crippen molar-refractivity contribution in [3.8, 4) is 11.4 Å². The lowest BCUT2D eigenvalue weighted by atomic mass is 10.2. The molecule has 0 aliphatic rings. The van der Waals surface area contributed by atoms with Crippen molar-refractivity contribution in [2.75, 3.05) is 12.8 Å². The summed E-state index contributed by atoms with van der Waals surface area (Å²) in [6.07, 6.45) is 0. The predicted molar refractivity (Wildman–Crippen MR) is 72.0 cm³/mol. The summed E-state index contributed by atoms with van der Waals surface area (Å²) in [5, 5.41) is 0. The van der Waals surface area contributed by atoms with Crippen LogP contribution in [-0.4, -0.2) is 16.7 Å². The van der Waals surface area contributed by atoms with Crippen LogP contribution in [0.2, 0.25) is 0 Å². The highest BCUT2D eigenvalue weighted by Crippen LogP contribution is 2.26. The minimum Gasteiger partial charge on any atom is -0.497 e. The highest BCUT2D eigenvalue weighted by molar-refractivity contribution is 5.82. The normalized spacial score (nSPS) is 10.8. The molecule has 3 aromatic rings. The number of ether oxygens (including phenoxy) is 1. The number of anilines is 1. The van der Waals surface area contributed by atoms with E-state index >= 15 is 0 Å². The van der Waals surface area contributed by atoms with Crippen LogP contribution in [-0.2, 0) is 0 Å². The van der Waals surface area contributed by atoms with E-state index in [9.17, 15) is 4.39 Å². The fourth-order valence-electron chi connectivity index (χ4n) is 2.09. The van der Waals surface area contributed by atoms with Gasteiger partial charge in [0.05, 0.1) is 23.8 Å². The Bertz CT molecular complexity index is 752. The molecule has 2 N–H and O–H groups in total. The summed E-state index contributed by atoms with van der Waals surface area (Å²) in [6, 6.07) is 11.7. The van der Waals surface area contributed by atoms with E-state index in [1.165, 1.54) is 12.1 Å². The third kappa shape index (κ3) is 1.89. The summed E-state index contributed by atoms with van der Waals surface area (Å²) in [4.78, 5) is 4.27. The molecule has 0 saturated carbocycles. The number of nitrogens with two attached hydrogens (primary N) is 1. The van der Waals surface area contributed by atoms with Crippen LogP contribution in [0.3, 0.4) is 0 Å². The van der Waals surface area contributed by atoms with Crippen LogP contribution < -0.4 is 10.5 Å². The number of imidazole rings is 1. The van der Waals surface area contributed by atoms with Crippen molar-refractivity contribution in [3.63, 3.8) is 0 Å². The molecule has 1 heterocycles. The van der Waals surface area contributed by atoms with Gasteiger partial charge in [-0.15, -0.1) is 0 Å². The first-order valence-corrected chi connectivity index (χ1v) is 5.77. The Labute approximate surface area is 109 Å². The number of aromatic nitrogens is 2. The summed E-state index contributed by atoms with van der Waals surface area (Å²) >= 11 is 0. The van der Waals surface area contributed by atoms with Crippen LogP contribution in [0.15, 0.2) is 42.5 Å². The van der Waals surface area contributed by atoms with Gasteiger partial charge in [0.15, 0.2) is 0 Å². The maximum absolute atomic E-state index is 13.3. The molecule has 0 fully saturated rings. The van der Waals surface area contributed by atoms with Crippen molar-refractivity contribution >= 4 is 17.0 Å². The van der Waals surface area contributed by atoms with E-state index in [-0.39, 0.29) is 5.82 Å². The number of hydrogen-bond donors (Lipinski definition) is 1. The van der Waals surface area contributed by atoms with Gasteiger partial charge in [-0.3, -0.25) is 4.57 Å². The Kier molecular flexibility index (Phi) is 2.59. The van der Waals surface area contributed by atoms with Crippen molar-refractivity contribution in [1.82, 2.24) is 9.55 Å². The molecular weight excluding hydrogens is 245 g/mol. The van der Waals surface area contributed by atoms with Gasteiger partial charge < -0.3 is 10.5 Å². The lowest BCUT2D eigenvalue weighted by molar-refractivity contribution is 0.415. The van der Waals surface area contributed by atoms with Crippen molar-refractivity contribution < 1.29 is 9.13 Å². The second kappa shape index (κ2) is 4.28. The van der Waals surface area contributed by atoms with E-state index in [0.29, 0.717) is 22.9 Å². The number of hydrogen-bond acceptors (Lipinski definition) is 3. The van der Waals surface area contributed by atoms with Gasteiger partial charge in [0.25, 0.3) is 0 Å². The number of fused-ring (bicyclic) bond motifs is 1. The van der Waals surface area contributed by atoms with E-state index in [4.69, 9.17) is 10.5 Å². The molecule has 19 heavy (non-hydrogen) atoms. The van der Waals surface area contributed by atoms with Crippen molar-refractivity contribution in [2.24, 2.45) is 0 Å². The number of rotatable bonds is 2. The van der Waals surface area contributed by atoms with Gasteiger partial charge in [-0.1, -0.05) is 6.07 Å². The summed E-state index contributed by atoms with van der Waals surface area (Å²) in [6.45, 7) is 0. The van der Waals surface area contributed by atoms with Gasteiger partial charge in [-0.25, -0.2) is 9.37 Å². The monoisotopic (exact) mass is 257 g/mol. The van der Waals surface area contributed by atoms with Gasteiger partial charge >= 0.3 is 0 Å². The van der Waals surface area contributed by atoms with Crippen molar-refractivity contribution in [2.45, 2.75) is 0 Å². The molecule has 0 amide bonds. The lowest BCUT2D eigenvalue weighted by Gasteiger charge is -2.06. The summed E-state index contributed by atoms with van der Waals surface area (Å²) in [7, 11) is 1.59. The van der Waals surface area contributed by atoms with Crippen molar-refractivity contribution in [3.05, 3.63) is 48.3 Å². The van der Waals surface area contributed by atoms with Crippen LogP contribution in [0.4, 0.5) is 10.3 Å². The number of halogens is 1. The van der Waals surface area contributed by atoms with Gasteiger partial charge in [0, 0.05) is 6.07 Å². The molecular formula is C14H12FN3O. The Morgan fingerprint density at radius 2 is 2.05 bits per heavy atom. The smallest absolute Gasteiger partial charge is 0.205 e. The molecule has 2 aromatic carbocycles. The predicted octanol–water partition coefficient (Wildman–Crippen LogP) is 2.76. The highest BCUT2D eigenvalue weighted by Gasteiger charge is 2.11. The van der Waals surface area contributed by atoms with Crippen LogP contribution >= 0.6 is 0 Å². The Morgan fingerprint density at radius 1 is 1.21 bits per heavy atom. The molecule has 0 aliphatic carbocycles. The number of methoxy groups -OCH3 is 1. The number of nitrogens with zero attached hydrogens (tertiary/aromatic N) is 2. The quantitative estimate of drug-likeness (QED) is 0.768. The summed E-state index contributed by atoms with van der Waals surface area (Å²) in [5.41, 5.74) is 8.08. The molecule has 0 saturated heterocycles. The number of benzene rings is 2. The van der Waals surface area contributed by atoms with Gasteiger partial charge in [-0.05, 0) is 30.3 Å². The van der Waals surface area contributed by atoms with Gasteiger partial charge in [0.2, 0.25) is 5.95 Å². The molecule has 4 nitrogen and oxygen atoms in total. The molecule has 1 aromatic heterocycles. The van der Waals surface area contributed by atoms with E-state index in [2.05, 4.69) is 4.98 Å². The fourth-order valence-corrected chi connectivity index (χ4v) is 2.09. The zero-order chi connectivity index (χ0) is 13.4. The average molecular weight is 257 g/mol. The first-order valence-electron chi connectivity index (χ1n) is 5.77. The number of nitrogen functional groups attached to an aromatic ring is 1. The molecule has 0 aliphatic heterocycles. The largest absolute Gasteiger partial charge is 0.497 e. The van der Waals surface area contributed by atoms with Crippen molar-refractivity contribution in [1.29, 1.82) is 0 Å². The molecule has 3 rings (SSSR count). The van der Waals surface area contributed by atoms with Crippen LogP contribution in [0.1, 0.15) is 0 Å². The maximum atomic E-state index is 13.3. The molecule has 0 radical (unpaired) electrons. The SMILES string of the molecule is COc1ccc2c(c1)nc(N)n2-c1cccc(F)c1. The van der Waals surface area contributed by atoms with E-state index < -0.39 is 0 Å². The third-order valence-electron chi connectivity index (χ3n) is 2.95. The zero-order valence-electron chi connectivity index (χ0n) is 10.3. The lowest BCUT2D eigenvalue weighted by Crippen LogP contribution is -2.00. The van der Waals surface area contributed by atoms with E-state index in [1.54, 1.807) is 29.9 Å². The zero-order valence-corrected chi connectivity index (χ0v) is 10.3. The fraction of sp³-hybridized carbons (Fsp3) is 0.0714. The third-order valence-corrected chi connectivity index (χ3v) is 2.95. The Hall–Kier alpha value is -2.56. The van der Waals surface area contributed by atoms with Crippen LogP contribution in [0.25, 0.3) is 16.7 Å². The van der Waals surface area contributed by atoms with Crippen LogP contribution in [0, 0.1) is 5.82 Å². The summed E-state index contributed by atoms with van der Waals surface area (Å²) < 4.78 is 20.2. The maximum Gasteiger partial charge on any atom is 0.205 e. The van der Waals surface area contributed by atoms with E-state index in [0.717, 1.165) is 5.52 Å². The van der Waals surface area contributed by atoms with Crippen LogP contribution in [0.5, 0.6) is 5.75 Å². The molecule has 96 valence electrons. The molecule has 0 bridgehead atoms. The second-order valence-corrected chi connectivity index (χ2v) is 4.14. The van der Waals surface area contributed by atoms with Gasteiger partial charge in [-0.2, -0.15) is 0 Å². The minimum absolute atomic E-state index is 0.313. The Morgan fingerprint density at radius 3 is 2.79 bits per heavy atom. The second-order valence-electron chi connectivity index (χ2n) is 4.14. The molecule has 5 heteroatoms. The molecule has 0 atom stereocenters. The standard InChI is InChI=1S/C14H12FN3O/c1-19-11-5-6-13-12(8-11)17-14(16)18(13)10-4-2-3-9(15)7-10/h2-8H,1H3,(H2,16,17). The first kappa shape index (κ1) is 11.5. The summed E-state index contributed by atoms with van der Waals surface area (Å²) in [5.74, 6) is 0.706. The first-order chi connectivity index (χ1) is 9.19. The highest BCUT2D eigenvalue weighted by atomic mass is 19.1.